The van der Waals surface area contributed by atoms with E-state index in [0.29, 0.717) is 10.6 Å². The van der Waals surface area contributed by atoms with Crippen LogP contribution in [0.5, 0.6) is 0 Å². The maximum absolute atomic E-state index is 11.9. The van der Waals surface area contributed by atoms with Gasteiger partial charge in [0.1, 0.15) is 30.1 Å². The van der Waals surface area contributed by atoms with Crippen molar-refractivity contribution in [3.8, 4) is 0 Å². The number of benzene rings is 1. The SMILES string of the molecule is O=C1NC(N/N=C\C(O)C(O)C(O)C(O)CO)=N/C1=C\c1ccc(Cl)cc1. The molecule has 0 bridgehead atoms. The Balaban J connectivity index is 1.96. The highest BCUT2D eigenvalue weighted by Crippen LogP contribution is 2.14. The fourth-order valence-electron chi connectivity index (χ4n) is 2.04. The fourth-order valence-corrected chi connectivity index (χ4v) is 2.16. The number of carbonyl (C=O) groups excluding carboxylic acids is 1. The largest absolute Gasteiger partial charge is 0.394 e. The van der Waals surface area contributed by atoms with Gasteiger partial charge in [-0.05, 0) is 23.8 Å². The molecule has 0 radical (unpaired) electrons. The number of halogens is 1. The summed E-state index contributed by atoms with van der Waals surface area (Å²) in [5.41, 5.74) is 3.20. The van der Waals surface area contributed by atoms with Crippen LogP contribution in [-0.2, 0) is 4.79 Å². The van der Waals surface area contributed by atoms with Gasteiger partial charge in [-0.3, -0.25) is 10.1 Å². The van der Waals surface area contributed by atoms with Crippen LogP contribution in [0.4, 0.5) is 0 Å². The fraction of sp³-hybridized carbons (Fsp3) is 0.312. The van der Waals surface area contributed by atoms with Crippen molar-refractivity contribution in [1.82, 2.24) is 10.7 Å². The molecule has 146 valence electrons. The molecule has 27 heavy (non-hydrogen) atoms. The predicted molar refractivity (Wildman–Crippen MR) is 97.7 cm³/mol. The van der Waals surface area contributed by atoms with E-state index in [4.69, 9.17) is 16.7 Å². The Morgan fingerprint density at radius 1 is 1.19 bits per heavy atom. The van der Waals surface area contributed by atoms with Crippen LogP contribution in [0, 0.1) is 0 Å². The Morgan fingerprint density at radius 3 is 2.48 bits per heavy atom. The molecule has 1 aromatic rings. The average molecular weight is 399 g/mol. The van der Waals surface area contributed by atoms with Crippen LogP contribution in [-0.4, -0.2) is 74.6 Å². The van der Waals surface area contributed by atoms with Crippen LogP contribution in [0.25, 0.3) is 6.08 Å². The second-order valence-electron chi connectivity index (χ2n) is 5.61. The van der Waals surface area contributed by atoms with E-state index in [9.17, 15) is 25.2 Å². The third-order valence-corrected chi connectivity index (χ3v) is 3.80. The molecule has 11 heteroatoms. The standard InChI is InChI=1S/C16H19ClN4O6/c17-9-3-1-8(2-4-9)5-10-15(27)20-16(19-10)21-18-6-11(23)13(25)14(26)12(24)7-22/h1-6,11-14,22-26H,7H2,(H2,19,20,21,27)/b10-5-,18-6-. The van der Waals surface area contributed by atoms with E-state index in [0.717, 1.165) is 6.21 Å². The molecule has 4 unspecified atom stereocenters. The molecule has 2 rings (SSSR count). The van der Waals surface area contributed by atoms with E-state index in [-0.39, 0.29) is 11.7 Å². The molecule has 1 aliphatic rings. The van der Waals surface area contributed by atoms with E-state index in [2.05, 4.69) is 20.8 Å². The summed E-state index contributed by atoms with van der Waals surface area (Å²) in [5, 5.41) is 53.3. The Labute approximate surface area is 159 Å². The van der Waals surface area contributed by atoms with Gasteiger partial charge in [0.25, 0.3) is 5.91 Å². The van der Waals surface area contributed by atoms with Crippen molar-refractivity contribution in [2.24, 2.45) is 10.1 Å². The predicted octanol–water partition coefficient (Wildman–Crippen LogP) is -1.82. The second kappa shape index (κ2) is 9.55. The number of aliphatic hydroxyl groups excluding tert-OH is 5. The van der Waals surface area contributed by atoms with Gasteiger partial charge in [-0.1, -0.05) is 23.7 Å². The van der Waals surface area contributed by atoms with E-state index in [1.165, 1.54) is 6.08 Å². The Bertz CT molecular complexity index is 752. The minimum atomic E-state index is -1.78. The molecule has 0 saturated heterocycles. The molecule has 0 saturated carbocycles. The number of carbonyl (C=O) groups is 1. The lowest BCUT2D eigenvalue weighted by Crippen LogP contribution is -2.46. The highest BCUT2D eigenvalue weighted by atomic mass is 35.5. The highest BCUT2D eigenvalue weighted by Gasteiger charge is 2.29. The summed E-state index contributed by atoms with van der Waals surface area (Å²) in [4.78, 5) is 15.9. The smallest absolute Gasteiger partial charge is 0.276 e. The van der Waals surface area contributed by atoms with Crippen molar-refractivity contribution in [3.05, 3.63) is 40.5 Å². The number of nitrogens with one attached hydrogen (secondary N) is 2. The molecule has 0 aliphatic carbocycles. The van der Waals surface area contributed by atoms with Gasteiger partial charge in [-0.25, -0.2) is 10.4 Å². The van der Waals surface area contributed by atoms with Crippen LogP contribution in [0.1, 0.15) is 5.56 Å². The van der Waals surface area contributed by atoms with Gasteiger partial charge in [-0.15, -0.1) is 0 Å². The van der Waals surface area contributed by atoms with Crippen molar-refractivity contribution >= 4 is 35.8 Å². The summed E-state index contributed by atoms with van der Waals surface area (Å²) in [6, 6.07) is 6.77. The summed E-state index contributed by atoms with van der Waals surface area (Å²) < 4.78 is 0. The van der Waals surface area contributed by atoms with Gasteiger partial charge < -0.3 is 25.5 Å². The van der Waals surface area contributed by atoms with Crippen LogP contribution in [0.3, 0.4) is 0 Å². The van der Waals surface area contributed by atoms with Gasteiger partial charge in [0.2, 0.25) is 5.96 Å². The average Bonchev–Trinajstić information content (AvgIpc) is 3.00. The van der Waals surface area contributed by atoms with Gasteiger partial charge in [0.05, 0.1) is 12.8 Å². The monoisotopic (exact) mass is 398 g/mol. The number of nitrogens with zero attached hydrogens (tertiary/aromatic N) is 2. The summed E-state index contributed by atoms with van der Waals surface area (Å²) in [6.07, 6.45) is -4.43. The van der Waals surface area contributed by atoms with Crippen molar-refractivity contribution < 1.29 is 30.3 Å². The molecule has 0 spiro atoms. The minimum Gasteiger partial charge on any atom is -0.394 e. The molecule has 10 nitrogen and oxygen atoms in total. The third kappa shape index (κ3) is 5.82. The Morgan fingerprint density at radius 2 is 1.85 bits per heavy atom. The van der Waals surface area contributed by atoms with Crippen molar-refractivity contribution in [1.29, 1.82) is 0 Å². The molecule has 7 N–H and O–H groups in total. The summed E-state index contributed by atoms with van der Waals surface area (Å²) in [7, 11) is 0. The topological polar surface area (TPSA) is 167 Å². The lowest BCUT2D eigenvalue weighted by Gasteiger charge is -2.23. The zero-order chi connectivity index (χ0) is 20.0. The van der Waals surface area contributed by atoms with Crippen molar-refractivity contribution in [2.75, 3.05) is 6.61 Å². The number of amides is 1. The number of guanidine groups is 1. The molecule has 0 aromatic heterocycles. The van der Waals surface area contributed by atoms with Crippen LogP contribution >= 0.6 is 11.6 Å². The number of hydrogen-bond donors (Lipinski definition) is 7. The first-order valence-electron chi connectivity index (χ1n) is 7.81. The molecular weight excluding hydrogens is 380 g/mol. The Hall–Kier alpha value is -2.34. The van der Waals surface area contributed by atoms with Crippen LogP contribution in [0.2, 0.25) is 5.02 Å². The maximum Gasteiger partial charge on any atom is 0.276 e. The summed E-state index contributed by atoms with van der Waals surface area (Å²) in [5.74, 6) is -0.473. The van der Waals surface area contributed by atoms with Crippen LogP contribution in [0.15, 0.2) is 40.1 Å². The van der Waals surface area contributed by atoms with Gasteiger partial charge >= 0.3 is 0 Å². The quantitative estimate of drug-likeness (QED) is 0.161. The summed E-state index contributed by atoms with van der Waals surface area (Å²) in [6.45, 7) is -0.786. The first kappa shape index (κ1) is 21.0. The second-order valence-corrected chi connectivity index (χ2v) is 6.04. The van der Waals surface area contributed by atoms with E-state index in [1.807, 2.05) is 0 Å². The molecule has 1 aromatic carbocycles. The van der Waals surface area contributed by atoms with E-state index < -0.39 is 36.9 Å². The zero-order valence-corrected chi connectivity index (χ0v) is 14.7. The lowest BCUT2D eigenvalue weighted by atomic mass is 10.0. The number of aliphatic imine (C=N–C) groups is 1. The van der Waals surface area contributed by atoms with E-state index in [1.54, 1.807) is 24.3 Å². The van der Waals surface area contributed by atoms with Crippen LogP contribution < -0.4 is 10.7 Å². The normalized spacial score (nSPS) is 20.3. The summed E-state index contributed by atoms with van der Waals surface area (Å²) >= 11 is 5.80. The van der Waals surface area contributed by atoms with Gasteiger partial charge in [-0.2, -0.15) is 5.10 Å². The molecular formula is C16H19ClN4O6. The van der Waals surface area contributed by atoms with E-state index >= 15 is 0 Å². The number of hydrazone groups is 1. The molecule has 4 atom stereocenters. The molecule has 1 heterocycles. The number of hydrogen-bond acceptors (Lipinski definition) is 9. The van der Waals surface area contributed by atoms with Crippen molar-refractivity contribution in [3.63, 3.8) is 0 Å². The highest BCUT2D eigenvalue weighted by molar-refractivity contribution is 6.30. The number of aliphatic hydroxyl groups is 5. The minimum absolute atomic E-state index is 0.00547. The molecule has 1 amide bonds. The lowest BCUT2D eigenvalue weighted by molar-refractivity contribution is -0.115. The van der Waals surface area contributed by atoms with Crippen molar-refractivity contribution in [2.45, 2.75) is 24.4 Å². The maximum atomic E-state index is 11.9. The zero-order valence-electron chi connectivity index (χ0n) is 13.9. The Kier molecular flexibility index (Phi) is 7.42. The van der Waals surface area contributed by atoms with Gasteiger partial charge in [0, 0.05) is 5.02 Å². The first-order valence-corrected chi connectivity index (χ1v) is 8.19. The molecule has 1 aliphatic heterocycles. The third-order valence-electron chi connectivity index (χ3n) is 3.55. The number of rotatable bonds is 7. The van der Waals surface area contributed by atoms with Gasteiger partial charge in [0.15, 0.2) is 0 Å². The first-order chi connectivity index (χ1) is 12.8. The molecule has 0 fully saturated rings.